The molecule has 0 aromatic heterocycles. The number of amides is 1. The second-order valence-corrected chi connectivity index (χ2v) is 5.38. The van der Waals surface area contributed by atoms with Crippen molar-refractivity contribution in [3.63, 3.8) is 0 Å². The van der Waals surface area contributed by atoms with Gasteiger partial charge in [-0.2, -0.15) is 0 Å². The van der Waals surface area contributed by atoms with Gasteiger partial charge in [0.2, 0.25) is 5.91 Å². The van der Waals surface area contributed by atoms with Gasteiger partial charge in [-0.1, -0.05) is 33.6 Å². The van der Waals surface area contributed by atoms with Gasteiger partial charge in [0.1, 0.15) is 0 Å². The second-order valence-electron chi connectivity index (χ2n) is 5.38. The summed E-state index contributed by atoms with van der Waals surface area (Å²) in [5, 5.41) is 3.17. The van der Waals surface area contributed by atoms with Gasteiger partial charge in [-0.25, -0.2) is 0 Å². The first-order chi connectivity index (χ1) is 6.96. The van der Waals surface area contributed by atoms with E-state index < -0.39 is 0 Å². The van der Waals surface area contributed by atoms with E-state index in [0.29, 0.717) is 6.54 Å². The van der Waals surface area contributed by atoms with Gasteiger partial charge < -0.3 is 11.1 Å². The first kappa shape index (κ1) is 12.5. The van der Waals surface area contributed by atoms with Gasteiger partial charge in [0.05, 0.1) is 5.54 Å². The Morgan fingerprint density at radius 3 is 2.33 bits per heavy atom. The Morgan fingerprint density at radius 2 is 1.93 bits per heavy atom. The van der Waals surface area contributed by atoms with Crippen LogP contribution in [0.15, 0.2) is 0 Å². The number of nitrogens with two attached hydrogens (primary N) is 1. The van der Waals surface area contributed by atoms with E-state index in [9.17, 15) is 4.79 Å². The molecule has 0 unspecified atom stereocenters. The van der Waals surface area contributed by atoms with Crippen LogP contribution < -0.4 is 11.1 Å². The van der Waals surface area contributed by atoms with Crippen molar-refractivity contribution < 1.29 is 4.79 Å². The number of nitrogens with one attached hydrogen (secondary N) is 1. The fourth-order valence-corrected chi connectivity index (χ4v) is 2.00. The van der Waals surface area contributed by atoms with Crippen molar-refractivity contribution in [2.75, 3.05) is 6.54 Å². The van der Waals surface area contributed by atoms with Gasteiger partial charge in [-0.15, -0.1) is 0 Å². The van der Waals surface area contributed by atoms with Crippen LogP contribution in [0, 0.1) is 5.41 Å². The normalized spacial score (nSPS) is 20.3. The van der Waals surface area contributed by atoms with Gasteiger partial charge >= 0.3 is 0 Å². The smallest absolute Gasteiger partial charge is 0.226 e. The Balaban J connectivity index is 2.63. The Kier molecular flexibility index (Phi) is 3.77. The molecule has 1 aliphatic carbocycles. The molecule has 1 fully saturated rings. The summed E-state index contributed by atoms with van der Waals surface area (Å²) in [4.78, 5) is 12.0. The lowest BCUT2D eigenvalue weighted by Crippen LogP contribution is -2.54. The molecule has 3 nitrogen and oxygen atoms in total. The minimum atomic E-state index is -0.273. The van der Waals surface area contributed by atoms with E-state index in [-0.39, 0.29) is 16.9 Å². The fraction of sp³-hybridized carbons (Fsp3) is 0.917. The van der Waals surface area contributed by atoms with E-state index in [1.54, 1.807) is 0 Å². The summed E-state index contributed by atoms with van der Waals surface area (Å²) in [5.74, 6) is 0.150. The quantitative estimate of drug-likeness (QED) is 0.746. The molecule has 0 aliphatic heterocycles. The first-order valence-electron chi connectivity index (χ1n) is 5.98. The van der Waals surface area contributed by atoms with Crippen molar-refractivity contribution in [1.82, 2.24) is 5.32 Å². The summed E-state index contributed by atoms with van der Waals surface area (Å²) in [5.41, 5.74) is 5.41. The molecule has 1 saturated carbocycles. The largest absolute Gasteiger partial charge is 0.349 e. The minimum absolute atomic E-state index is 0.108. The second kappa shape index (κ2) is 4.52. The van der Waals surface area contributed by atoms with Crippen LogP contribution >= 0.6 is 0 Å². The molecule has 0 radical (unpaired) electrons. The van der Waals surface area contributed by atoms with E-state index in [1.807, 2.05) is 20.8 Å². The molecule has 0 atom stereocenters. The van der Waals surface area contributed by atoms with Crippen LogP contribution in [0.4, 0.5) is 0 Å². The number of rotatable bonds is 4. The SMILES string of the molecule is CCC(C)(C)C(=O)NC1(CN)CCCC1. The van der Waals surface area contributed by atoms with Crippen molar-refractivity contribution >= 4 is 5.91 Å². The van der Waals surface area contributed by atoms with Gasteiger partial charge in [-0.3, -0.25) is 4.79 Å². The van der Waals surface area contributed by atoms with Crippen molar-refractivity contribution in [3.05, 3.63) is 0 Å². The Bertz CT molecular complexity index is 230. The van der Waals surface area contributed by atoms with Crippen LogP contribution in [0.25, 0.3) is 0 Å². The predicted molar refractivity (Wildman–Crippen MR) is 62.5 cm³/mol. The van der Waals surface area contributed by atoms with Crippen LogP contribution in [-0.4, -0.2) is 18.0 Å². The van der Waals surface area contributed by atoms with E-state index in [2.05, 4.69) is 5.32 Å². The molecule has 0 spiro atoms. The molecule has 1 amide bonds. The average Bonchev–Trinajstić information content (AvgIpc) is 2.67. The molecule has 15 heavy (non-hydrogen) atoms. The topological polar surface area (TPSA) is 55.1 Å². The molecule has 1 rings (SSSR count). The summed E-state index contributed by atoms with van der Waals surface area (Å²) in [7, 11) is 0. The lowest BCUT2D eigenvalue weighted by atomic mass is 9.87. The van der Waals surface area contributed by atoms with E-state index in [4.69, 9.17) is 5.73 Å². The maximum absolute atomic E-state index is 12.0. The molecule has 1 aliphatic rings. The van der Waals surface area contributed by atoms with Crippen LogP contribution in [-0.2, 0) is 4.79 Å². The number of hydrogen-bond acceptors (Lipinski definition) is 2. The van der Waals surface area contributed by atoms with Crippen molar-refractivity contribution in [1.29, 1.82) is 0 Å². The van der Waals surface area contributed by atoms with Crippen LogP contribution in [0.1, 0.15) is 52.9 Å². The Labute approximate surface area is 92.8 Å². The van der Waals surface area contributed by atoms with E-state index in [0.717, 1.165) is 19.3 Å². The Morgan fingerprint density at radius 1 is 1.40 bits per heavy atom. The average molecular weight is 212 g/mol. The number of hydrogen-bond donors (Lipinski definition) is 2. The standard InChI is InChI=1S/C12H24N2O/c1-4-11(2,3)10(15)14-12(9-13)7-5-6-8-12/h4-9,13H2,1-3H3,(H,14,15). The molecule has 3 heteroatoms. The van der Waals surface area contributed by atoms with Crippen LogP contribution in [0.2, 0.25) is 0 Å². The van der Waals surface area contributed by atoms with Crippen LogP contribution in [0.3, 0.4) is 0 Å². The summed E-state index contributed by atoms with van der Waals surface area (Å²) in [6, 6.07) is 0. The van der Waals surface area contributed by atoms with E-state index in [1.165, 1.54) is 12.8 Å². The Hall–Kier alpha value is -0.570. The van der Waals surface area contributed by atoms with Crippen LogP contribution in [0.5, 0.6) is 0 Å². The third kappa shape index (κ3) is 2.71. The highest BCUT2D eigenvalue weighted by Crippen LogP contribution is 2.30. The van der Waals surface area contributed by atoms with Gasteiger partial charge in [0.25, 0.3) is 0 Å². The lowest BCUT2D eigenvalue weighted by Gasteiger charge is -2.33. The highest BCUT2D eigenvalue weighted by Gasteiger charge is 2.37. The van der Waals surface area contributed by atoms with Gasteiger partial charge in [0.15, 0.2) is 0 Å². The monoisotopic (exact) mass is 212 g/mol. The number of carbonyl (C=O) groups is 1. The molecule has 0 bridgehead atoms. The zero-order valence-corrected chi connectivity index (χ0v) is 10.2. The van der Waals surface area contributed by atoms with Crippen molar-refractivity contribution in [2.45, 2.75) is 58.4 Å². The third-order valence-corrected chi connectivity index (χ3v) is 3.83. The van der Waals surface area contributed by atoms with Crippen molar-refractivity contribution in [2.24, 2.45) is 11.1 Å². The molecule has 88 valence electrons. The fourth-order valence-electron chi connectivity index (χ4n) is 2.00. The molecular weight excluding hydrogens is 188 g/mol. The zero-order valence-electron chi connectivity index (χ0n) is 10.2. The first-order valence-corrected chi connectivity index (χ1v) is 5.98. The van der Waals surface area contributed by atoms with Crippen molar-refractivity contribution in [3.8, 4) is 0 Å². The van der Waals surface area contributed by atoms with E-state index >= 15 is 0 Å². The minimum Gasteiger partial charge on any atom is -0.349 e. The van der Waals surface area contributed by atoms with Gasteiger partial charge in [0, 0.05) is 12.0 Å². The third-order valence-electron chi connectivity index (χ3n) is 3.83. The molecule has 0 saturated heterocycles. The summed E-state index contributed by atoms with van der Waals surface area (Å²) in [6.07, 6.45) is 5.30. The summed E-state index contributed by atoms with van der Waals surface area (Å²) < 4.78 is 0. The van der Waals surface area contributed by atoms with Gasteiger partial charge in [-0.05, 0) is 19.3 Å². The highest BCUT2D eigenvalue weighted by molar-refractivity contribution is 5.82. The molecule has 0 heterocycles. The molecule has 0 aromatic carbocycles. The molecule has 0 aromatic rings. The summed E-state index contributed by atoms with van der Waals surface area (Å²) in [6.45, 7) is 6.59. The lowest BCUT2D eigenvalue weighted by molar-refractivity contribution is -0.131. The maximum atomic E-state index is 12.0. The maximum Gasteiger partial charge on any atom is 0.226 e. The highest BCUT2D eigenvalue weighted by atomic mass is 16.2. The molecular formula is C12H24N2O. The predicted octanol–water partition coefficient (Wildman–Crippen LogP) is 1.81. The number of carbonyl (C=O) groups excluding carboxylic acids is 1. The zero-order chi connectivity index (χ0) is 11.5. The molecule has 3 N–H and O–H groups in total. The summed E-state index contributed by atoms with van der Waals surface area (Å²) >= 11 is 0.